The molecular formula is C26H35NO5. The molecule has 0 saturated heterocycles. The van der Waals surface area contributed by atoms with E-state index in [1.807, 2.05) is 45.0 Å². The highest BCUT2D eigenvalue weighted by molar-refractivity contribution is 6.04. The van der Waals surface area contributed by atoms with Crippen molar-refractivity contribution < 1.29 is 23.8 Å². The first kappa shape index (κ1) is 24.1. The van der Waals surface area contributed by atoms with Crippen LogP contribution in [0.1, 0.15) is 65.4 Å². The lowest BCUT2D eigenvalue weighted by Gasteiger charge is -2.39. The van der Waals surface area contributed by atoms with E-state index in [0.717, 1.165) is 24.1 Å². The highest BCUT2D eigenvalue weighted by Gasteiger charge is 2.44. The topological polar surface area (TPSA) is 73.9 Å². The molecule has 1 aromatic carbocycles. The van der Waals surface area contributed by atoms with Crippen molar-refractivity contribution in [2.24, 2.45) is 5.41 Å². The number of hydrogen-bond acceptors (Lipinski definition) is 6. The predicted molar refractivity (Wildman–Crippen MR) is 123 cm³/mol. The van der Waals surface area contributed by atoms with Crippen LogP contribution in [-0.2, 0) is 19.1 Å². The first-order valence-corrected chi connectivity index (χ1v) is 11.5. The summed E-state index contributed by atoms with van der Waals surface area (Å²) >= 11 is 0. The molecule has 0 aromatic heterocycles. The molecule has 32 heavy (non-hydrogen) atoms. The third-order valence-corrected chi connectivity index (χ3v) is 5.82. The van der Waals surface area contributed by atoms with Crippen molar-refractivity contribution in [1.82, 2.24) is 5.32 Å². The molecule has 0 fully saturated rings. The fourth-order valence-corrected chi connectivity index (χ4v) is 4.50. The van der Waals surface area contributed by atoms with Gasteiger partial charge in [0.2, 0.25) is 0 Å². The number of hydrogen-bond donors (Lipinski definition) is 1. The summed E-state index contributed by atoms with van der Waals surface area (Å²) in [5.41, 5.74) is 3.40. The summed E-state index contributed by atoms with van der Waals surface area (Å²) in [4.78, 5) is 26.6. The van der Waals surface area contributed by atoms with Gasteiger partial charge < -0.3 is 19.5 Å². The molecule has 3 rings (SSSR count). The number of ketones is 1. The van der Waals surface area contributed by atoms with E-state index in [0.29, 0.717) is 48.8 Å². The largest absolute Gasteiger partial charge is 0.493 e. The third kappa shape index (κ3) is 5.23. The summed E-state index contributed by atoms with van der Waals surface area (Å²) < 4.78 is 16.9. The number of ether oxygens (including phenoxy) is 3. The molecule has 6 nitrogen and oxygen atoms in total. The number of carbonyl (C=O) groups excluding carboxylic acids is 2. The van der Waals surface area contributed by atoms with E-state index in [-0.39, 0.29) is 17.8 Å². The Labute approximate surface area is 191 Å². The van der Waals surface area contributed by atoms with Crippen molar-refractivity contribution in [3.8, 4) is 5.75 Å². The van der Waals surface area contributed by atoms with Crippen molar-refractivity contribution in [1.29, 1.82) is 0 Å². The standard InChI is InChI=1S/C26H35NO5/c1-6-12-31-21-11-9-8-10-18(21)23-22(25(29)32-14-13-30-7-2)17(3)27-19-15-26(4,5)16-20(28)24(19)23/h8-11,23,27H,6-7,12-16H2,1-5H3/t23-/m0/s1. The molecular weight excluding hydrogens is 406 g/mol. The lowest BCUT2D eigenvalue weighted by molar-refractivity contribution is -0.140. The van der Waals surface area contributed by atoms with Crippen LogP contribution < -0.4 is 10.1 Å². The molecule has 174 valence electrons. The zero-order valence-electron chi connectivity index (χ0n) is 19.9. The molecule has 0 bridgehead atoms. The second kappa shape index (κ2) is 10.3. The molecule has 1 heterocycles. The molecule has 6 heteroatoms. The van der Waals surface area contributed by atoms with E-state index in [1.165, 1.54) is 0 Å². The summed E-state index contributed by atoms with van der Waals surface area (Å²) in [7, 11) is 0. The Morgan fingerprint density at radius 3 is 2.59 bits per heavy atom. The number of dihydropyridines is 1. The summed E-state index contributed by atoms with van der Waals surface area (Å²) in [6.07, 6.45) is 2.04. The average molecular weight is 442 g/mol. The van der Waals surface area contributed by atoms with Gasteiger partial charge in [-0.25, -0.2) is 4.79 Å². The van der Waals surface area contributed by atoms with E-state index in [4.69, 9.17) is 14.2 Å². The SMILES string of the molecule is CCCOc1ccccc1[C@H]1C(C(=O)OCCOCC)=C(C)NC2=C1C(=O)CC(C)(C)C2. The molecule has 1 aromatic rings. The fraction of sp³-hybridized carbons (Fsp3) is 0.538. The molecule has 0 unspecified atom stereocenters. The molecule has 0 amide bonds. The van der Waals surface area contributed by atoms with Crippen LogP contribution in [0.15, 0.2) is 46.8 Å². The van der Waals surface area contributed by atoms with Crippen LogP contribution in [-0.4, -0.2) is 38.2 Å². The van der Waals surface area contributed by atoms with Gasteiger partial charge in [-0.15, -0.1) is 0 Å². The van der Waals surface area contributed by atoms with Crippen molar-refractivity contribution >= 4 is 11.8 Å². The zero-order chi connectivity index (χ0) is 23.3. The van der Waals surface area contributed by atoms with E-state index < -0.39 is 11.9 Å². The van der Waals surface area contributed by atoms with E-state index in [2.05, 4.69) is 19.2 Å². The van der Waals surface area contributed by atoms with Crippen LogP contribution in [0, 0.1) is 5.41 Å². The maximum atomic E-state index is 13.4. The van der Waals surface area contributed by atoms with Crippen LogP contribution >= 0.6 is 0 Å². The van der Waals surface area contributed by atoms with Gasteiger partial charge in [0, 0.05) is 35.6 Å². The van der Waals surface area contributed by atoms with Gasteiger partial charge in [-0.3, -0.25) is 4.79 Å². The fourth-order valence-electron chi connectivity index (χ4n) is 4.50. The Balaban J connectivity index is 2.07. The molecule has 1 aliphatic carbocycles. The minimum absolute atomic E-state index is 0.0613. The summed E-state index contributed by atoms with van der Waals surface area (Å²) in [6, 6.07) is 7.67. The molecule has 0 spiro atoms. The number of esters is 1. The summed E-state index contributed by atoms with van der Waals surface area (Å²) in [5, 5.41) is 3.36. The number of nitrogens with one attached hydrogen (secondary N) is 1. The Kier molecular flexibility index (Phi) is 7.77. The lowest BCUT2D eigenvalue weighted by atomic mass is 9.68. The Bertz CT molecular complexity index is 928. The van der Waals surface area contributed by atoms with Gasteiger partial charge >= 0.3 is 5.97 Å². The maximum Gasteiger partial charge on any atom is 0.336 e. The smallest absolute Gasteiger partial charge is 0.336 e. The minimum atomic E-state index is -0.525. The number of Topliss-reactive ketones (excluding diaryl/α,β-unsaturated/α-hetero) is 1. The first-order valence-electron chi connectivity index (χ1n) is 11.5. The van der Waals surface area contributed by atoms with E-state index >= 15 is 0 Å². The normalized spacial score (nSPS) is 20.0. The quantitative estimate of drug-likeness (QED) is 0.444. The van der Waals surface area contributed by atoms with Crippen molar-refractivity contribution in [2.45, 2.75) is 59.8 Å². The second-order valence-electron chi connectivity index (χ2n) is 9.15. The van der Waals surface area contributed by atoms with Crippen LogP contribution in [0.2, 0.25) is 0 Å². The molecule has 1 atom stereocenters. The van der Waals surface area contributed by atoms with Gasteiger partial charge in [-0.2, -0.15) is 0 Å². The zero-order valence-corrected chi connectivity index (χ0v) is 19.9. The lowest BCUT2D eigenvalue weighted by Crippen LogP contribution is -2.39. The van der Waals surface area contributed by atoms with Crippen LogP contribution in [0.3, 0.4) is 0 Å². The average Bonchev–Trinajstić information content (AvgIpc) is 2.73. The molecule has 0 saturated carbocycles. The number of benzene rings is 1. The highest BCUT2D eigenvalue weighted by Crippen LogP contribution is 2.48. The highest BCUT2D eigenvalue weighted by atomic mass is 16.6. The van der Waals surface area contributed by atoms with Gasteiger partial charge in [0.1, 0.15) is 12.4 Å². The maximum absolute atomic E-state index is 13.4. The summed E-state index contributed by atoms with van der Waals surface area (Å²) in [5.74, 6) is -0.207. The van der Waals surface area contributed by atoms with Gasteiger partial charge in [0.15, 0.2) is 5.78 Å². The Morgan fingerprint density at radius 2 is 1.88 bits per heavy atom. The number of rotatable bonds is 9. The summed E-state index contributed by atoms with van der Waals surface area (Å²) in [6.45, 7) is 11.6. The Hall–Kier alpha value is -2.60. The van der Waals surface area contributed by atoms with Crippen LogP contribution in [0.25, 0.3) is 0 Å². The van der Waals surface area contributed by atoms with Gasteiger partial charge in [0.05, 0.1) is 24.7 Å². The van der Waals surface area contributed by atoms with Crippen molar-refractivity contribution in [3.05, 3.63) is 52.4 Å². The number of carbonyl (C=O) groups is 2. The van der Waals surface area contributed by atoms with Gasteiger partial charge in [-0.1, -0.05) is 39.0 Å². The molecule has 1 aliphatic heterocycles. The molecule has 1 N–H and O–H groups in total. The van der Waals surface area contributed by atoms with E-state index in [9.17, 15) is 9.59 Å². The number of allylic oxidation sites excluding steroid dienone is 3. The van der Waals surface area contributed by atoms with Crippen LogP contribution in [0.5, 0.6) is 5.75 Å². The van der Waals surface area contributed by atoms with Gasteiger partial charge in [0.25, 0.3) is 0 Å². The minimum Gasteiger partial charge on any atom is -0.493 e. The van der Waals surface area contributed by atoms with Gasteiger partial charge in [-0.05, 0) is 38.2 Å². The first-order chi connectivity index (χ1) is 15.3. The number of para-hydroxylation sites is 1. The van der Waals surface area contributed by atoms with Crippen LogP contribution in [0.4, 0.5) is 0 Å². The van der Waals surface area contributed by atoms with E-state index in [1.54, 1.807) is 0 Å². The predicted octanol–water partition coefficient (Wildman–Crippen LogP) is 4.66. The van der Waals surface area contributed by atoms with Crippen molar-refractivity contribution in [3.63, 3.8) is 0 Å². The monoisotopic (exact) mass is 441 g/mol. The third-order valence-electron chi connectivity index (χ3n) is 5.82. The van der Waals surface area contributed by atoms with Crippen molar-refractivity contribution in [2.75, 3.05) is 26.4 Å². The second-order valence-corrected chi connectivity index (χ2v) is 9.15. The molecule has 2 aliphatic rings. The molecule has 0 radical (unpaired) electrons. The Morgan fingerprint density at radius 1 is 1.12 bits per heavy atom.